The Balaban J connectivity index is 3.61. The molecule has 0 aromatic heterocycles. The fourth-order valence-electron chi connectivity index (χ4n) is 0.877. The molecule has 0 rings (SSSR count). The second-order valence-electron chi connectivity index (χ2n) is 2.78. The summed E-state index contributed by atoms with van der Waals surface area (Å²) >= 11 is 0. The van der Waals surface area contributed by atoms with Crippen molar-refractivity contribution < 1.29 is 4.79 Å². The molecule has 0 saturated heterocycles. The molecule has 0 heterocycles. The molecule has 10 heavy (non-hydrogen) atoms. The molecule has 0 aliphatic carbocycles. The summed E-state index contributed by atoms with van der Waals surface area (Å²) in [5, 5.41) is 2.60. The van der Waals surface area contributed by atoms with Crippen molar-refractivity contribution >= 4 is 5.91 Å². The van der Waals surface area contributed by atoms with Gasteiger partial charge in [-0.05, 0) is 14.1 Å². The van der Waals surface area contributed by atoms with Crippen LogP contribution < -0.4 is 5.32 Å². The molecule has 0 aliphatic heterocycles. The van der Waals surface area contributed by atoms with Crippen LogP contribution in [0.3, 0.4) is 0 Å². The molecule has 1 unspecified atom stereocenters. The van der Waals surface area contributed by atoms with Crippen molar-refractivity contribution in [2.24, 2.45) is 5.92 Å². The number of rotatable bonds is 3. The predicted molar refractivity (Wildman–Crippen MR) is 41.8 cm³/mol. The molecule has 60 valence electrons. The number of carbonyl (C=O) groups excluding carboxylic acids is 1. The maximum atomic E-state index is 10.9. The Hall–Kier alpha value is -0.570. The van der Waals surface area contributed by atoms with Gasteiger partial charge in [-0.2, -0.15) is 0 Å². The van der Waals surface area contributed by atoms with Crippen molar-refractivity contribution in [3.05, 3.63) is 0 Å². The van der Waals surface area contributed by atoms with Crippen molar-refractivity contribution in [3.63, 3.8) is 0 Å². The first-order chi connectivity index (χ1) is 4.57. The molecule has 0 aromatic rings. The Labute approximate surface area is 62.4 Å². The number of hydrogen-bond acceptors (Lipinski definition) is 2. The zero-order valence-electron chi connectivity index (χ0n) is 7.14. The summed E-state index contributed by atoms with van der Waals surface area (Å²) in [5.74, 6) is 0.189. The molecule has 1 N–H and O–H groups in total. The minimum Gasteiger partial charge on any atom is -0.359 e. The fraction of sp³-hybridized carbons (Fsp3) is 0.857. The maximum absolute atomic E-state index is 10.9. The van der Waals surface area contributed by atoms with Gasteiger partial charge in [0, 0.05) is 19.5 Å². The Morgan fingerprint density at radius 3 is 2.40 bits per heavy atom. The minimum absolute atomic E-state index is 0.0833. The summed E-state index contributed by atoms with van der Waals surface area (Å²) in [6.45, 7) is 2.72. The molecule has 3 nitrogen and oxygen atoms in total. The lowest BCUT2D eigenvalue weighted by molar-refractivity contribution is -0.124. The van der Waals surface area contributed by atoms with Crippen LogP contribution >= 0.6 is 0 Å². The molecule has 0 aromatic carbocycles. The van der Waals surface area contributed by atoms with E-state index in [0.717, 1.165) is 6.54 Å². The summed E-state index contributed by atoms with van der Waals surface area (Å²) in [6, 6.07) is 0. The van der Waals surface area contributed by atoms with E-state index in [1.807, 2.05) is 25.9 Å². The summed E-state index contributed by atoms with van der Waals surface area (Å²) in [5.41, 5.74) is 0. The Morgan fingerprint density at radius 1 is 1.60 bits per heavy atom. The first-order valence-electron chi connectivity index (χ1n) is 3.44. The Morgan fingerprint density at radius 2 is 2.10 bits per heavy atom. The first-order valence-corrected chi connectivity index (χ1v) is 3.44. The Kier molecular flexibility index (Phi) is 4.03. The third-order valence-electron chi connectivity index (χ3n) is 1.33. The summed E-state index contributed by atoms with van der Waals surface area (Å²) in [6.07, 6.45) is 0. The number of carbonyl (C=O) groups is 1. The highest BCUT2D eigenvalue weighted by molar-refractivity contribution is 5.78. The lowest BCUT2D eigenvalue weighted by Gasteiger charge is -2.14. The zero-order valence-corrected chi connectivity index (χ0v) is 7.14. The van der Waals surface area contributed by atoms with Crippen LogP contribution in [0.5, 0.6) is 0 Å². The smallest absolute Gasteiger partial charge is 0.223 e. The quantitative estimate of drug-likeness (QED) is 0.601. The molecule has 0 aliphatic rings. The molecular weight excluding hydrogens is 128 g/mol. The van der Waals surface area contributed by atoms with E-state index in [4.69, 9.17) is 0 Å². The maximum Gasteiger partial charge on any atom is 0.223 e. The topological polar surface area (TPSA) is 32.3 Å². The normalized spacial score (nSPS) is 13.3. The second-order valence-corrected chi connectivity index (χ2v) is 2.78. The van der Waals surface area contributed by atoms with Crippen molar-refractivity contribution in [2.75, 3.05) is 27.7 Å². The average molecular weight is 144 g/mol. The van der Waals surface area contributed by atoms with Gasteiger partial charge in [-0.3, -0.25) is 4.79 Å². The molecule has 0 bridgehead atoms. The third kappa shape index (κ3) is 3.45. The van der Waals surface area contributed by atoms with Gasteiger partial charge in [0.1, 0.15) is 0 Å². The van der Waals surface area contributed by atoms with E-state index in [9.17, 15) is 4.79 Å². The van der Waals surface area contributed by atoms with Crippen LogP contribution in [0.1, 0.15) is 6.92 Å². The van der Waals surface area contributed by atoms with Crippen molar-refractivity contribution in [2.45, 2.75) is 6.92 Å². The molecular formula is C7H16N2O. The molecule has 1 amide bonds. The van der Waals surface area contributed by atoms with E-state index in [-0.39, 0.29) is 11.8 Å². The highest BCUT2D eigenvalue weighted by Gasteiger charge is 2.10. The van der Waals surface area contributed by atoms with Gasteiger partial charge in [-0.25, -0.2) is 0 Å². The van der Waals surface area contributed by atoms with Crippen LogP contribution in [0.15, 0.2) is 0 Å². The standard InChI is InChI=1S/C7H16N2O/c1-6(5-9(3)4)7(10)8-2/h6H,5H2,1-4H3,(H,8,10). The molecule has 3 heteroatoms. The van der Waals surface area contributed by atoms with Gasteiger partial charge in [0.2, 0.25) is 5.91 Å². The second kappa shape index (κ2) is 4.28. The first kappa shape index (κ1) is 9.43. The van der Waals surface area contributed by atoms with E-state index in [0.29, 0.717) is 0 Å². The van der Waals surface area contributed by atoms with E-state index < -0.39 is 0 Å². The van der Waals surface area contributed by atoms with Gasteiger partial charge in [0.05, 0.1) is 0 Å². The van der Waals surface area contributed by atoms with Crippen LogP contribution in [-0.4, -0.2) is 38.5 Å². The lowest BCUT2D eigenvalue weighted by Crippen LogP contribution is -2.32. The van der Waals surface area contributed by atoms with Gasteiger partial charge >= 0.3 is 0 Å². The van der Waals surface area contributed by atoms with Gasteiger partial charge in [0.25, 0.3) is 0 Å². The number of nitrogens with zero attached hydrogens (tertiary/aromatic N) is 1. The SMILES string of the molecule is CNC(=O)C(C)CN(C)C. The van der Waals surface area contributed by atoms with Gasteiger partial charge in [-0.1, -0.05) is 6.92 Å². The van der Waals surface area contributed by atoms with Crippen molar-refractivity contribution in [3.8, 4) is 0 Å². The molecule has 0 saturated carbocycles. The summed E-state index contributed by atoms with van der Waals surface area (Å²) in [4.78, 5) is 12.9. The monoisotopic (exact) mass is 144 g/mol. The predicted octanol–water partition coefficient (Wildman–Crippen LogP) is -0.0699. The third-order valence-corrected chi connectivity index (χ3v) is 1.33. The van der Waals surface area contributed by atoms with Crippen molar-refractivity contribution in [1.29, 1.82) is 0 Å². The van der Waals surface area contributed by atoms with Gasteiger partial charge < -0.3 is 10.2 Å². The summed E-state index contributed by atoms with van der Waals surface area (Å²) in [7, 11) is 5.58. The molecule has 0 radical (unpaired) electrons. The fourth-order valence-corrected chi connectivity index (χ4v) is 0.877. The zero-order chi connectivity index (χ0) is 8.15. The van der Waals surface area contributed by atoms with Crippen LogP contribution in [0, 0.1) is 5.92 Å². The van der Waals surface area contributed by atoms with Crippen LogP contribution in [0.25, 0.3) is 0 Å². The molecule has 0 fully saturated rings. The number of nitrogens with one attached hydrogen (secondary N) is 1. The highest BCUT2D eigenvalue weighted by Crippen LogP contribution is 1.94. The average Bonchev–Trinajstić information content (AvgIpc) is 1.85. The van der Waals surface area contributed by atoms with E-state index >= 15 is 0 Å². The Bertz CT molecular complexity index is 112. The van der Waals surface area contributed by atoms with Crippen molar-refractivity contribution in [1.82, 2.24) is 10.2 Å². The lowest BCUT2D eigenvalue weighted by atomic mass is 10.1. The van der Waals surface area contributed by atoms with Crippen LogP contribution in [0.4, 0.5) is 0 Å². The largest absolute Gasteiger partial charge is 0.359 e. The number of hydrogen-bond donors (Lipinski definition) is 1. The number of amides is 1. The van der Waals surface area contributed by atoms with E-state index in [2.05, 4.69) is 5.32 Å². The molecule has 1 atom stereocenters. The minimum atomic E-state index is 0.0833. The van der Waals surface area contributed by atoms with Crippen LogP contribution in [0.2, 0.25) is 0 Å². The molecule has 0 spiro atoms. The highest BCUT2D eigenvalue weighted by atomic mass is 16.1. The van der Waals surface area contributed by atoms with Gasteiger partial charge in [-0.15, -0.1) is 0 Å². The van der Waals surface area contributed by atoms with Crippen LogP contribution in [-0.2, 0) is 4.79 Å². The summed E-state index contributed by atoms with van der Waals surface area (Å²) < 4.78 is 0. The van der Waals surface area contributed by atoms with E-state index in [1.54, 1.807) is 7.05 Å². The van der Waals surface area contributed by atoms with E-state index in [1.165, 1.54) is 0 Å². The van der Waals surface area contributed by atoms with Gasteiger partial charge in [0.15, 0.2) is 0 Å².